The van der Waals surface area contributed by atoms with Crippen LogP contribution >= 0.6 is 0 Å². The van der Waals surface area contributed by atoms with Crippen LogP contribution in [0.2, 0.25) is 0 Å². The van der Waals surface area contributed by atoms with Crippen molar-refractivity contribution in [2.24, 2.45) is 0 Å². The Morgan fingerprint density at radius 3 is 2.10 bits per heavy atom. The molecule has 0 saturated carbocycles. The molecule has 2 aliphatic heterocycles. The van der Waals surface area contributed by atoms with Gasteiger partial charge in [-0.1, -0.05) is 30.3 Å². The number of amides is 3. The van der Waals surface area contributed by atoms with E-state index in [2.05, 4.69) is 6.08 Å². The minimum atomic E-state index is -0.915. The Labute approximate surface area is 170 Å². The summed E-state index contributed by atoms with van der Waals surface area (Å²) < 4.78 is 0. The molecule has 2 aromatic carbocycles. The van der Waals surface area contributed by atoms with Gasteiger partial charge in [-0.2, -0.15) is 0 Å². The molecule has 0 bridgehead atoms. The number of carbonyl (C=O) groups excluding carboxylic acids is 3. The zero-order chi connectivity index (χ0) is 21.1. The van der Waals surface area contributed by atoms with Gasteiger partial charge in [-0.05, 0) is 64.0 Å². The van der Waals surface area contributed by atoms with Crippen LogP contribution in [0, 0.1) is 6.92 Å². The highest BCUT2D eigenvalue weighted by Gasteiger charge is 2.45. The molecule has 29 heavy (non-hydrogen) atoms. The van der Waals surface area contributed by atoms with Gasteiger partial charge in [-0.15, -0.1) is 0 Å². The van der Waals surface area contributed by atoms with Gasteiger partial charge in [0.15, 0.2) is 0 Å². The Morgan fingerprint density at radius 1 is 0.931 bits per heavy atom. The topological polar surface area (TPSA) is 57.7 Å². The van der Waals surface area contributed by atoms with Crippen LogP contribution < -0.4 is 4.90 Å². The largest absolute Gasteiger partial charge is 0.301 e. The number of allylic oxidation sites excluding steroid dienone is 1. The Kier molecular flexibility index (Phi) is 4.23. The first kappa shape index (κ1) is 19.1. The maximum Gasteiger partial charge on any atom is 0.262 e. The minimum Gasteiger partial charge on any atom is -0.301 e. The Morgan fingerprint density at radius 2 is 1.52 bits per heavy atom. The van der Waals surface area contributed by atoms with Crippen LogP contribution in [0.3, 0.4) is 0 Å². The molecule has 4 rings (SSSR count). The van der Waals surface area contributed by atoms with Crippen molar-refractivity contribution in [3.8, 4) is 0 Å². The van der Waals surface area contributed by atoms with E-state index in [4.69, 9.17) is 0 Å². The van der Waals surface area contributed by atoms with E-state index in [1.807, 2.05) is 45.9 Å². The summed E-state index contributed by atoms with van der Waals surface area (Å²) in [5, 5.41) is 0. The molecule has 5 heteroatoms. The average molecular weight is 388 g/mol. The predicted octanol–water partition coefficient (Wildman–Crippen LogP) is 4.21. The molecule has 0 spiro atoms. The van der Waals surface area contributed by atoms with Gasteiger partial charge in [-0.25, -0.2) is 0 Å². The number of rotatable bonds is 2. The zero-order valence-corrected chi connectivity index (χ0v) is 17.3. The lowest BCUT2D eigenvalue weighted by Gasteiger charge is -2.43. The van der Waals surface area contributed by atoms with Gasteiger partial charge in [0.1, 0.15) is 6.04 Å². The van der Waals surface area contributed by atoms with Gasteiger partial charge in [0.05, 0.1) is 22.4 Å². The molecular formula is C24H24N2O3. The summed E-state index contributed by atoms with van der Waals surface area (Å²) in [6.45, 7) is 9.58. The molecule has 0 radical (unpaired) electrons. The number of aryl methyl sites for hydroxylation is 1. The van der Waals surface area contributed by atoms with Crippen molar-refractivity contribution in [2.75, 3.05) is 4.90 Å². The van der Waals surface area contributed by atoms with Crippen molar-refractivity contribution < 1.29 is 14.4 Å². The number of benzene rings is 2. The van der Waals surface area contributed by atoms with Gasteiger partial charge < -0.3 is 4.90 Å². The lowest BCUT2D eigenvalue weighted by atomic mass is 9.87. The van der Waals surface area contributed by atoms with Crippen LogP contribution in [0.5, 0.6) is 0 Å². The van der Waals surface area contributed by atoms with E-state index in [-0.39, 0.29) is 5.91 Å². The molecule has 0 N–H and O–H groups in total. The Bertz CT molecular complexity index is 1060. The normalized spacial score (nSPS) is 18.3. The molecule has 1 atom stereocenters. The van der Waals surface area contributed by atoms with Crippen LogP contribution in [0.15, 0.2) is 48.5 Å². The SMILES string of the molecule is CC1=CC(C)(C)N(C(=O)[C@H](C)N2C(=O)c3ccccc3C2=O)c2cc(C)ccc21. The second kappa shape index (κ2) is 6.41. The third-order valence-corrected chi connectivity index (χ3v) is 5.76. The van der Waals surface area contributed by atoms with E-state index >= 15 is 0 Å². The van der Waals surface area contributed by atoms with Crippen molar-refractivity contribution in [1.82, 2.24) is 4.90 Å². The van der Waals surface area contributed by atoms with Crippen LogP contribution in [-0.4, -0.2) is 34.2 Å². The number of hydrogen-bond donors (Lipinski definition) is 0. The molecule has 0 fully saturated rings. The first-order valence-electron chi connectivity index (χ1n) is 9.75. The van der Waals surface area contributed by atoms with E-state index in [1.54, 1.807) is 36.1 Å². The maximum atomic E-state index is 13.7. The summed E-state index contributed by atoms with van der Waals surface area (Å²) in [4.78, 5) is 42.2. The standard InChI is InChI=1S/C24H24N2O3/c1-14-10-11-17-15(2)13-24(4,5)26(20(17)12-14)21(27)16(3)25-22(28)18-8-6-7-9-19(18)23(25)29/h6-13,16H,1-5H3/t16-/m0/s1. The van der Waals surface area contributed by atoms with Crippen LogP contribution in [-0.2, 0) is 4.79 Å². The highest BCUT2D eigenvalue weighted by molar-refractivity contribution is 6.23. The van der Waals surface area contributed by atoms with E-state index in [9.17, 15) is 14.4 Å². The quantitative estimate of drug-likeness (QED) is 0.724. The monoisotopic (exact) mass is 388 g/mol. The van der Waals surface area contributed by atoms with Crippen molar-refractivity contribution in [1.29, 1.82) is 0 Å². The summed E-state index contributed by atoms with van der Waals surface area (Å²) in [6, 6.07) is 11.8. The van der Waals surface area contributed by atoms with Gasteiger partial charge in [0, 0.05) is 5.56 Å². The molecule has 0 unspecified atom stereocenters. The molecule has 2 aromatic rings. The molecule has 3 amide bonds. The smallest absolute Gasteiger partial charge is 0.262 e. The molecule has 2 heterocycles. The average Bonchev–Trinajstić information content (AvgIpc) is 2.91. The molecule has 0 saturated heterocycles. The van der Waals surface area contributed by atoms with Gasteiger partial charge in [0.25, 0.3) is 17.7 Å². The number of nitrogens with zero attached hydrogens (tertiary/aromatic N) is 2. The lowest BCUT2D eigenvalue weighted by molar-refractivity contribution is -0.122. The summed E-state index contributed by atoms with van der Waals surface area (Å²) in [5.74, 6) is -1.12. The van der Waals surface area contributed by atoms with Crippen molar-refractivity contribution >= 4 is 29.0 Å². The number of carbonyl (C=O) groups is 3. The molecule has 2 aliphatic rings. The number of hydrogen-bond acceptors (Lipinski definition) is 3. The number of fused-ring (bicyclic) bond motifs is 2. The maximum absolute atomic E-state index is 13.7. The Hall–Kier alpha value is -3.21. The van der Waals surface area contributed by atoms with Crippen molar-refractivity contribution in [2.45, 2.75) is 46.2 Å². The highest BCUT2D eigenvalue weighted by Crippen LogP contribution is 2.40. The molecule has 0 aromatic heterocycles. The third-order valence-electron chi connectivity index (χ3n) is 5.76. The van der Waals surface area contributed by atoms with Gasteiger partial charge in [0.2, 0.25) is 0 Å². The number of anilines is 1. The molecule has 148 valence electrons. The molecule has 0 aliphatic carbocycles. The second-order valence-electron chi connectivity index (χ2n) is 8.38. The molecule has 5 nitrogen and oxygen atoms in total. The minimum absolute atomic E-state index is 0.278. The fraction of sp³-hybridized carbons (Fsp3) is 0.292. The van der Waals surface area contributed by atoms with Gasteiger partial charge >= 0.3 is 0 Å². The Balaban J connectivity index is 1.76. The first-order valence-corrected chi connectivity index (χ1v) is 9.75. The van der Waals surface area contributed by atoms with E-state index < -0.39 is 23.4 Å². The van der Waals surface area contributed by atoms with Crippen LogP contribution in [0.25, 0.3) is 5.57 Å². The predicted molar refractivity (Wildman–Crippen MR) is 113 cm³/mol. The highest BCUT2D eigenvalue weighted by atomic mass is 16.2. The summed E-state index contributed by atoms with van der Waals surface area (Å²) >= 11 is 0. The fourth-order valence-electron chi connectivity index (χ4n) is 4.40. The van der Waals surface area contributed by atoms with Crippen molar-refractivity contribution in [3.05, 3.63) is 70.8 Å². The summed E-state index contributed by atoms with van der Waals surface area (Å²) in [5.41, 5.74) is 4.04. The summed E-state index contributed by atoms with van der Waals surface area (Å²) in [6.07, 6.45) is 2.05. The first-order chi connectivity index (χ1) is 13.6. The second-order valence-corrected chi connectivity index (χ2v) is 8.38. The van der Waals surface area contributed by atoms with Gasteiger partial charge in [-0.3, -0.25) is 19.3 Å². The van der Waals surface area contributed by atoms with E-state index in [1.165, 1.54) is 0 Å². The molecular weight excluding hydrogens is 364 g/mol. The summed E-state index contributed by atoms with van der Waals surface area (Å²) in [7, 11) is 0. The number of imide groups is 1. The van der Waals surface area contributed by atoms with E-state index in [0.717, 1.165) is 27.3 Å². The fourth-order valence-corrected chi connectivity index (χ4v) is 4.40. The lowest BCUT2D eigenvalue weighted by Crippen LogP contribution is -2.56. The van der Waals surface area contributed by atoms with E-state index in [0.29, 0.717) is 11.1 Å². The van der Waals surface area contributed by atoms with Crippen LogP contribution in [0.1, 0.15) is 59.5 Å². The zero-order valence-electron chi connectivity index (χ0n) is 17.3. The van der Waals surface area contributed by atoms with Crippen LogP contribution in [0.4, 0.5) is 5.69 Å². The third kappa shape index (κ3) is 2.80. The van der Waals surface area contributed by atoms with Crippen molar-refractivity contribution in [3.63, 3.8) is 0 Å².